The number of anilines is 1. The number of fused-ring (bicyclic) bond motifs is 1. The first-order valence-electron chi connectivity index (χ1n) is 4.65. The van der Waals surface area contributed by atoms with Crippen molar-refractivity contribution in [3.63, 3.8) is 0 Å². The average molecular weight is 254 g/mol. The maximum absolute atomic E-state index is 5.90. The van der Waals surface area contributed by atoms with Gasteiger partial charge in [0, 0.05) is 6.42 Å². The molecule has 0 aliphatic carbocycles. The van der Waals surface area contributed by atoms with Crippen molar-refractivity contribution >= 4 is 27.3 Å². The Morgan fingerprint density at radius 2 is 2.29 bits per heavy atom. The van der Waals surface area contributed by atoms with E-state index < -0.39 is 0 Å². The fraction of sp³-hybridized carbons (Fsp3) is 0.300. The number of imidazole rings is 1. The number of pyridine rings is 1. The Kier molecular flexibility index (Phi) is 2.46. The summed E-state index contributed by atoms with van der Waals surface area (Å²) in [7, 11) is 0. The maximum Gasteiger partial charge on any atom is 0.132 e. The predicted octanol–water partition coefficient (Wildman–Crippen LogP) is 2.63. The zero-order valence-electron chi connectivity index (χ0n) is 8.00. The summed E-state index contributed by atoms with van der Waals surface area (Å²) in [5, 5.41) is 0. The lowest BCUT2D eigenvalue weighted by Gasteiger charge is -2.02. The lowest BCUT2D eigenvalue weighted by atomic mass is 10.3. The fourth-order valence-electron chi connectivity index (χ4n) is 1.59. The summed E-state index contributed by atoms with van der Waals surface area (Å²) >= 11 is 3.43. The number of nitrogens with zero attached hydrogens (tertiary/aromatic N) is 2. The van der Waals surface area contributed by atoms with Crippen LogP contribution in [0.3, 0.4) is 0 Å². The Hall–Kier alpha value is -1.03. The van der Waals surface area contributed by atoms with Crippen molar-refractivity contribution in [1.82, 2.24) is 9.38 Å². The number of rotatable bonds is 2. The van der Waals surface area contributed by atoms with Crippen LogP contribution in [0.4, 0.5) is 5.82 Å². The maximum atomic E-state index is 5.90. The SMILES string of the molecule is CCCc1nc(Br)c2cccc(N)n12. The zero-order chi connectivity index (χ0) is 10.1. The second-order valence-electron chi connectivity index (χ2n) is 3.24. The van der Waals surface area contributed by atoms with Crippen LogP contribution in [-0.2, 0) is 6.42 Å². The van der Waals surface area contributed by atoms with E-state index in [0.29, 0.717) is 0 Å². The van der Waals surface area contributed by atoms with Crippen molar-refractivity contribution in [1.29, 1.82) is 0 Å². The van der Waals surface area contributed by atoms with E-state index in [2.05, 4.69) is 27.8 Å². The van der Waals surface area contributed by atoms with E-state index in [-0.39, 0.29) is 0 Å². The van der Waals surface area contributed by atoms with Crippen molar-refractivity contribution in [2.45, 2.75) is 19.8 Å². The number of halogens is 1. The third-order valence-corrected chi connectivity index (χ3v) is 2.77. The number of hydrogen-bond donors (Lipinski definition) is 1. The molecular weight excluding hydrogens is 242 g/mol. The molecule has 2 rings (SSSR count). The van der Waals surface area contributed by atoms with Crippen molar-refractivity contribution in [3.05, 3.63) is 28.6 Å². The van der Waals surface area contributed by atoms with Gasteiger partial charge in [-0.25, -0.2) is 4.98 Å². The highest BCUT2D eigenvalue weighted by molar-refractivity contribution is 9.10. The summed E-state index contributed by atoms with van der Waals surface area (Å²) in [6.45, 7) is 2.13. The molecule has 0 aliphatic heterocycles. The van der Waals surface area contributed by atoms with Crippen LogP contribution in [0.2, 0.25) is 0 Å². The van der Waals surface area contributed by atoms with Crippen LogP contribution < -0.4 is 5.73 Å². The molecule has 0 unspecified atom stereocenters. The molecule has 0 saturated carbocycles. The third kappa shape index (κ3) is 1.39. The molecule has 14 heavy (non-hydrogen) atoms. The molecule has 0 amide bonds. The van der Waals surface area contributed by atoms with Crippen LogP contribution in [0.1, 0.15) is 19.2 Å². The molecule has 0 aromatic carbocycles. The van der Waals surface area contributed by atoms with E-state index in [1.165, 1.54) is 0 Å². The number of nitrogens with two attached hydrogens (primary N) is 1. The molecular formula is C10H12BrN3. The van der Waals surface area contributed by atoms with E-state index in [0.717, 1.165) is 34.6 Å². The first-order chi connectivity index (χ1) is 6.74. The third-order valence-electron chi connectivity index (χ3n) is 2.19. The number of aromatic nitrogens is 2. The highest BCUT2D eigenvalue weighted by Gasteiger charge is 2.09. The van der Waals surface area contributed by atoms with E-state index in [4.69, 9.17) is 5.73 Å². The van der Waals surface area contributed by atoms with Crippen LogP contribution >= 0.6 is 15.9 Å². The monoisotopic (exact) mass is 253 g/mol. The molecule has 0 fully saturated rings. The molecule has 2 N–H and O–H groups in total. The Morgan fingerprint density at radius 3 is 3.00 bits per heavy atom. The quantitative estimate of drug-likeness (QED) is 0.895. The van der Waals surface area contributed by atoms with Gasteiger partial charge >= 0.3 is 0 Å². The van der Waals surface area contributed by atoms with Crippen molar-refractivity contribution in [2.24, 2.45) is 0 Å². The van der Waals surface area contributed by atoms with E-state index in [1.54, 1.807) is 0 Å². The van der Waals surface area contributed by atoms with Crippen LogP contribution in [-0.4, -0.2) is 9.38 Å². The van der Waals surface area contributed by atoms with Gasteiger partial charge < -0.3 is 5.73 Å². The molecule has 2 aromatic heterocycles. The van der Waals surface area contributed by atoms with Gasteiger partial charge in [-0.05, 0) is 34.5 Å². The lowest BCUT2D eigenvalue weighted by Crippen LogP contribution is -2.00. The summed E-state index contributed by atoms with van der Waals surface area (Å²) < 4.78 is 2.86. The van der Waals surface area contributed by atoms with E-state index >= 15 is 0 Å². The topological polar surface area (TPSA) is 43.3 Å². The molecule has 0 aliphatic rings. The van der Waals surface area contributed by atoms with Crippen molar-refractivity contribution in [3.8, 4) is 0 Å². The Morgan fingerprint density at radius 1 is 1.50 bits per heavy atom. The van der Waals surface area contributed by atoms with Gasteiger partial charge in [0.15, 0.2) is 0 Å². The summed E-state index contributed by atoms with van der Waals surface area (Å²) in [4.78, 5) is 4.44. The average Bonchev–Trinajstić information content (AvgIpc) is 2.46. The van der Waals surface area contributed by atoms with Crippen LogP contribution in [0.25, 0.3) is 5.52 Å². The molecule has 0 spiro atoms. The van der Waals surface area contributed by atoms with Gasteiger partial charge in [0.05, 0.1) is 5.52 Å². The second kappa shape index (κ2) is 3.61. The van der Waals surface area contributed by atoms with Crippen LogP contribution in [0.5, 0.6) is 0 Å². The molecule has 2 aromatic rings. The zero-order valence-corrected chi connectivity index (χ0v) is 9.58. The van der Waals surface area contributed by atoms with Crippen molar-refractivity contribution in [2.75, 3.05) is 5.73 Å². The van der Waals surface area contributed by atoms with E-state index in [1.807, 2.05) is 22.6 Å². The minimum atomic E-state index is 0.740. The second-order valence-corrected chi connectivity index (χ2v) is 3.99. The Bertz CT molecular complexity index is 462. The van der Waals surface area contributed by atoms with Gasteiger partial charge in [0.25, 0.3) is 0 Å². The number of nitrogen functional groups attached to an aromatic ring is 1. The van der Waals surface area contributed by atoms with Gasteiger partial charge in [-0.2, -0.15) is 0 Å². The lowest BCUT2D eigenvalue weighted by molar-refractivity contribution is 0.832. The van der Waals surface area contributed by atoms with Gasteiger partial charge in [-0.3, -0.25) is 4.40 Å². The first-order valence-corrected chi connectivity index (χ1v) is 5.44. The van der Waals surface area contributed by atoms with Gasteiger partial charge in [-0.15, -0.1) is 0 Å². The molecule has 0 saturated heterocycles. The molecule has 4 heteroatoms. The van der Waals surface area contributed by atoms with Gasteiger partial charge in [-0.1, -0.05) is 13.0 Å². The van der Waals surface area contributed by atoms with Gasteiger partial charge in [0.2, 0.25) is 0 Å². The summed E-state index contributed by atoms with van der Waals surface area (Å²) in [6, 6.07) is 5.83. The molecule has 0 bridgehead atoms. The summed E-state index contributed by atoms with van der Waals surface area (Å²) in [5.74, 6) is 1.76. The summed E-state index contributed by atoms with van der Waals surface area (Å²) in [6.07, 6.45) is 2.01. The predicted molar refractivity (Wildman–Crippen MR) is 61.3 cm³/mol. The van der Waals surface area contributed by atoms with E-state index in [9.17, 15) is 0 Å². The first kappa shape index (κ1) is 9.52. The fourth-order valence-corrected chi connectivity index (χ4v) is 2.10. The normalized spacial score (nSPS) is 11.0. The smallest absolute Gasteiger partial charge is 0.132 e. The Balaban J connectivity index is 2.72. The molecule has 0 radical (unpaired) electrons. The van der Waals surface area contributed by atoms with Gasteiger partial charge in [0.1, 0.15) is 16.2 Å². The summed E-state index contributed by atoms with van der Waals surface area (Å²) in [5.41, 5.74) is 6.94. The highest BCUT2D eigenvalue weighted by Crippen LogP contribution is 2.22. The Labute approximate surface area is 91.1 Å². The number of aryl methyl sites for hydroxylation is 1. The minimum Gasteiger partial charge on any atom is -0.385 e. The van der Waals surface area contributed by atoms with Crippen LogP contribution in [0.15, 0.2) is 22.8 Å². The van der Waals surface area contributed by atoms with Crippen LogP contribution in [0, 0.1) is 0 Å². The molecule has 3 nitrogen and oxygen atoms in total. The highest BCUT2D eigenvalue weighted by atomic mass is 79.9. The van der Waals surface area contributed by atoms with Crippen molar-refractivity contribution < 1.29 is 0 Å². The molecule has 0 atom stereocenters. The minimum absolute atomic E-state index is 0.740. The largest absolute Gasteiger partial charge is 0.385 e. The standard InChI is InChI=1S/C10H12BrN3/c1-2-4-9-13-10(11)7-5-3-6-8(12)14(7)9/h3,5-6H,2,4,12H2,1H3. The number of hydrogen-bond acceptors (Lipinski definition) is 2. The molecule has 2 heterocycles. The molecule has 74 valence electrons.